The van der Waals surface area contributed by atoms with E-state index in [1.165, 1.54) is 0 Å². The molecular formula is C24H20ClN3O3S. The van der Waals surface area contributed by atoms with Crippen LogP contribution in [0.3, 0.4) is 0 Å². The van der Waals surface area contributed by atoms with Crippen LogP contribution in [0.2, 0.25) is 5.02 Å². The molecule has 0 amide bonds. The number of nitrogens with one attached hydrogen (secondary N) is 1. The van der Waals surface area contributed by atoms with Crippen molar-refractivity contribution in [1.82, 2.24) is 15.2 Å². The van der Waals surface area contributed by atoms with Gasteiger partial charge in [-0.1, -0.05) is 41.9 Å². The Morgan fingerprint density at radius 1 is 1.09 bits per heavy atom. The Bertz CT molecular complexity index is 1300. The monoisotopic (exact) mass is 465 g/mol. The molecule has 4 rings (SSSR count). The summed E-state index contributed by atoms with van der Waals surface area (Å²) in [5.74, 6) is 0.243. The van der Waals surface area contributed by atoms with Crippen LogP contribution in [0.15, 0.2) is 70.7 Å². The maximum atomic E-state index is 12.0. The van der Waals surface area contributed by atoms with Crippen LogP contribution in [-0.4, -0.2) is 32.4 Å². The van der Waals surface area contributed by atoms with Crippen molar-refractivity contribution < 1.29 is 14.6 Å². The zero-order valence-electron chi connectivity index (χ0n) is 17.4. The fourth-order valence-corrected chi connectivity index (χ4v) is 4.00. The molecule has 0 aliphatic rings. The van der Waals surface area contributed by atoms with Crippen molar-refractivity contribution in [2.24, 2.45) is 0 Å². The van der Waals surface area contributed by atoms with E-state index >= 15 is 0 Å². The summed E-state index contributed by atoms with van der Waals surface area (Å²) in [4.78, 5) is 16.5. The highest BCUT2D eigenvalue weighted by Gasteiger charge is 2.16. The minimum atomic E-state index is -1.06. The molecule has 0 bridgehead atoms. The van der Waals surface area contributed by atoms with Gasteiger partial charge in [0, 0.05) is 16.0 Å². The molecule has 6 nitrogen and oxygen atoms in total. The van der Waals surface area contributed by atoms with Crippen molar-refractivity contribution in [3.05, 3.63) is 76.2 Å². The fourth-order valence-electron chi connectivity index (χ4n) is 3.18. The van der Waals surface area contributed by atoms with Crippen molar-refractivity contribution >= 4 is 46.2 Å². The highest BCUT2D eigenvalue weighted by Crippen LogP contribution is 2.33. The Kier molecular flexibility index (Phi) is 6.48. The molecule has 0 saturated heterocycles. The smallest absolute Gasteiger partial charge is 0.342 e. The van der Waals surface area contributed by atoms with Crippen molar-refractivity contribution in [2.75, 3.05) is 0 Å². The molecule has 1 heterocycles. The summed E-state index contributed by atoms with van der Waals surface area (Å²) in [6, 6.07) is 18.6. The second kappa shape index (κ2) is 9.46. The lowest BCUT2D eigenvalue weighted by Gasteiger charge is -2.14. The number of H-pyrrole nitrogens is 1. The molecule has 2 N–H and O–H groups in total. The van der Waals surface area contributed by atoms with Gasteiger partial charge in [0.25, 0.3) is 0 Å². The summed E-state index contributed by atoms with van der Waals surface area (Å²) < 4.78 is 5.91. The van der Waals surface area contributed by atoms with Gasteiger partial charge in [-0.15, -0.1) is 5.10 Å². The zero-order valence-corrected chi connectivity index (χ0v) is 18.9. The maximum absolute atomic E-state index is 12.0. The number of benzene rings is 3. The number of thioether (sulfide) groups is 1. The molecule has 0 aliphatic carbocycles. The number of nitrogens with zero attached hydrogens (tertiary/aromatic N) is 2. The molecule has 0 unspecified atom stereocenters. The lowest BCUT2D eigenvalue weighted by atomic mass is 10.0. The normalized spacial score (nSPS) is 11.8. The third-order valence-electron chi connectivity index (χ3n) is 4.56. The van der Waals surface area contributed by atoms with E-state index in [1.807, 2.05) is 62.4 Å². The van der Waals surface area contributed by atoms with Crippen molar-refractivity contribution in [2.45, 2.75) is 25.1 Å². The molecule has 0 spiro atoms. The third-order valence-corrected chi connectivity index (χ3v) is 5.69. The van der Waals surface area contributed by atoms with E-state index in [0.717, 1.165) is 39.4 Å². The number of carboxylic acids is 1. The minimum absolute atomic E-state index is 0.0329. The second-order valence-electron chi connectivity index (χ2n) is 7.25. The number of aromatic amines is 1. The van der Waals surface area contributed by atoms with Crippen LogP contribution in [0, 0.1) is 0 Å². The van der Waals surface area contributed by atoms with Crippen LogP contribution in [0.4, 0.5) is 0 Å². The van der Waals surface area contributed by atoms with Crippen LogP contribution >= 0.6 is 23.4 Å². The summed E-state index contributed by atoms with van der Waals surface area (Å²) in [7, 11) is 0. The molecule has 0 atom stereocenters. The Morgan fingerprint density at radius 2 is 1.81 bits per heavy atom. The van der Waals surface area contributed by atoms with E-state index in [-0.39, 0.29) is 11.0 Å². The van der Waals surface area contributed by atoms with Gasteiger partial charge in [0.1, 0.15) is 10.7 Å². The number of aromatic nitrogens is 3. The van der Waals surface area contributed by atoms with Gasteiger partial charge in [0.15, 0.2) is 5.82 Å². The van der Waals surface area contributed by atoms with Crippen molar-refractivity contribution in [1.29, 1.82) is 0 Å². The van der Waals surface area contributed by atoms with Crippen LogP contribution in [0.5, 0.6) is 5.75 Å². The number of rotatable bonds is 7. The first-order valence-electron chi connectivity index (χ1n) is 9.90. The SMILES string of the molecule is CC(C)Oc1ccc(/C=C(\Sc2n[nH]c(-c3ccc(Cl)cc3)n2)C(=O)O)c2ccccc12. The molecule has 0 radical (unpaired) electrons. The number of fused-ring (bicyclic) bond motifs is 1. The van der Waals surface area contributed by atoms with Gasteiger partial charge in [-0.3, -0.25) is 5.10 Å². The van der Waals surface area contributed by atoms with Crippen LogP contribution in [-0.2, 0) is 4.79 Å². The van der Waals surface area contributed by atoms with E-state index in [2.05, 4.69) is 15.2 Å². The molecule has 0 aliphatic heterocycles. The van der Waals surface area contributed by atoms with Crippen molar-refractivity contribution in [3.8, 4) is 17.1 Å². The van der Waals surface area contributed by atoms with E-state index < -0.39 is 5.97 Å². The van der Waals surface area contributed by atoms with Crippen LogP contribution in [0.1, 0.15) is 19.4 Å². The van der Waals surface area contributed by atoms with Gasteiger partial charge in [-0.05, 0) is 73.0 Å². The second-order valence-corrected chi connectivity index (χ2v) is 8.70. The minimum Gasteiger partial charge on any atom is -0.490 e. The number of hydrogen-bond donors (Lipinski definition) is 2. The van der Waals surface area contributed by atoms with E-state index in [0.29, 0.717) is 16.0 Å². The number of hydrogen-bond acceptors (Lipinski definition) is 5. The molecule has 0 fully saturated rings. The Morgan fingerprint density at radius 3 is 2.50 bits per heavy atom. The van der Waals surface area contributed by atoms with Crippen molar-refractivity contribution in [3.63, 3.8) is 0 Å². The number of aliphatic carboxylic acids is 1. The summed E-state index contributed by atoms with van der Waals surface area (Å²) in [6.07, 6.45) is 1.66. The van der Waals surface area contributed by atoms with E-state index in [9.17, 15) is 9.90 Å². The van der Waals surface area contributed by atoms with Gasteiger partial charge in [-0.25, -0.2) is 9.78 Å². The Hall–Kier alpha value is -3.29. The topological polar surface area (TPSA) is 88.1 Å². The predicted octanol–water partition coefficient (Wildman–Crippen LogP) is 6.28. The summed E-state index contributed by atoms with van der Waals surface area (Å²) in [5.41, 5.74) is 1.58. The number of carboxylic acid groups (broad SMARTS) is 1. The largest absolute Gasteiger partial charge is 0.490 e. The molecular weight excluding hydrogens is 446 g/mol. The molecule has 4 aromatic rings. The lowest BCUT2D eigenvalue weighted by molar-refractivity contribution is -0.131. The van der Waals surface area contributed by atoms with Gasteiger partial charge >= 0.3 is 5.97 Å². The molecule has 3 aromatic carbocycles. The summed E-state index contributed by atoms with van der Waals surface area (Å²) in [5, 5.41) is 19.6. The summed E-state index contributed by atoms with van der Waals surface area (Å²) >= 11 is 6.91. The lowest BCUT2D eigenvalue weighted by Crippen LogP contribution is -2.06. The molecule has 162 valence electrons. The highest BCUT2D eigenvalue weighted by molar-refractivity contribution is 8.04. The van der Waals surface area contributed by atoms with Gasteiger partial charge in [0.05, 0.1) is 6.10 Å². The average Bonchev–Trinajstić information content (AvgIpc) is 3.23. The van der Waals surface area contributed by atoms with E-state index in [1.54, 1.807) is 18.2 Å². The predicted molar refractivity (Wildman–Crippen MR) is 128 cm³/mol. The van der Waals surface area contributed by atoms with Crippen LogP contribution < -0.4 is 4.74 Å². The standard InChI is InChI=1S/C24H20ClN3O3S/c1-14(2)31-20-12-9-16(18-5-3-4-6-19(18)20)13-21(23(29)30)32-24-26-22(27-28-24)15-7-10-17(25)11-8-15/h3-14H,1-2H3,(H,29,30)(H,26,27,28)/b21-13-. The fraction of sp³-hybridized carbons (Fsp3) is 0.125. The highest BCUT2D eigenvalue weighted by atomic mass is 35.5. The first-order valence-corrected chi connectivity index (χ1v) is 11.1. The van der Waals surface area contributed by atoms with Gasteiger partial charge < -0.3 is 9.84 Å². The first kappa shape index (κ1) is 21.9. The Labute approximate surface area is 194 Å². The quantitative estimate of drug-likeness (QED) is 0.246. The molecule has 0 saturated carbocycles. The van der Waals surface area contributed by atoms with Crippen LogP contribution in [0.25, 0.3) is 28.2 Å². The maximum Gasteiger partial charge on any atom is 0.342 e. The first-order chi connectivity index (χ1) is 15.4. The number of ether oxygens (including phenoxy) is 1. The number of carbonyl (C=O) groups is 1. The zero-order chi connectivity index (χ0) is 22.7. The summed E-state index contributed by atoms with van der Waals surface area (Å²) in [6.45, 7) is 3.94. The van der Waals surface area contributed by atoms with Gasteiger partial charge in [0.2, 0.25) is 5.16 Å². The van der Waals surface area contributed by atoms with E-state index in [4.69, 9.17) is 16.3 Å². The molecule has 32 heavy (non-hydrogen) atoms. The molecule has 8 heteroatoms. The number of halogens is 1. The average molecular weight is 466 g/mol. The molecule has 1 aromatic heterocycles. The third kappa shape index (κ3) is 4.95. The Balaban J connectivity index is 1.67. The van der Waals surface area contributed by atoms with Gasteiger partial charge in [-0.2, -0.15) is 0 Å².